The zero-order valence-corrected chi connectivity index (χ0v) is 24.6. The minimum atomic E-state index is -1.40. The molecule has 3 aliphatic heterocycles. The number of rotatable bonds is 5. The first-order valence-corrected chi connectivity index (χ1v) is 14.7. The lowest BCUT2D eigenvalue weighted by Gasteiger charge is -2.38. The van der Waals surface area contributed by atoms with Crippen molar-refractivity contribution in [3.8, 4) is 5.75 Å². The Balaban J connectivity index is 1.48. The van der Waals surface area contributed by atoms with Gasteiger partial charge in [0.15, 0.2) is 11.6 Å². The highest BCUT2D eigenvalue weighted by Gasteiger charge is 2.70. The molecule has 3 aliphatic rings. The van der Waals surface area contributed by atoms with Crippen molar-refractivity contribution in [2.24, 2.45) is 5.92 Å². The Morgan fingerprint density at radius 3 is 2.23 bits per heavy atom. The number of amides is 1. The first kappa shape index (κ1) is 27.0. The van der Waals surface area contributed by atoms with E-state index < -0.39 is 29.4 Å². The van der Waals surface area contributed by atoms with Gasteiger partial charge in [-0.05, 0) is 65.2 Å². The molecule has 7 nitrogen and oxygen atoms in total. The molecule has 0 saturated carbocycles. The molecule has 7 rings (SSSR count). The molecule has 0 aromatic heterocycles. The first-order chi connectivity index (χ1) is 20.8. The van der Waals surface area contributed by atoms with Crippen molar-refractivity contribution in [2.75, 3.05) is 5.32 Å². The van der Waals surface area contributed by atoms with Gasteiger partial charge in [0, 0.05) is 34.4 Å². The van der Waals surface area contributed by atoms with Gasteiger partial charge in [0.1, 0.15) is 17.2 Å². The number of Topliss-reactive ketones (excluding diaryl/α,β-unsaturated/α-hetero) is 2. The number of hydrogen-bond donors (Lipinski definition) is 1. The predicted molar refractivity (Wildman–Crippen MR) is 165 cm³/mol. The third-order valence-electron chi connectivity index (χ3n) is 8.65. The fraction of sp³-hybridized carbons (Fsp3) is 0.143. The number of fused-ring (bicyclic) bond motifs is 6. The van der Waals surface area contributed by atoms with E-state index in [1.54, 1.807) is 48.5 Å². The minimum Gasteiger partial charge on any atom is -0.427 e. The maximum atomic E-state index is 14.8. The van der Waals surface area contributed by atoms with Gasteiger partial charge in [-0.2, -0.15) is 0 Å². The van der Waals surface area contributed by atoms with Gasteiger partial charge in [0.25, 0.3) is 0 Å². The first-order valence-electron chi connectivity index (χ1n) is 13.9. The fourth-order valence-electron chi connectivity index (χ4n) is 6.99. The third-order valence-corrected chi connectivity index (χ3v) is 9.18. The molecule has 4 atom stereocenters. The highest BCUT2D eigenvalue weighted by molar-refractivity contribution is 9.10. The molecule has 8 heteroatoms. The summed E-state index contributed by atoms with van der Waals surface area (Å²) in [6, 6.07) is 26.9. The summed E-state index contributed by atoms with van der Waals surface area (Å²) in [5.41, 5.74) is 2.46. The van der Waals surface area contributed by atoms with Gasteiger partial charge in [-0.15, -0.1) is 0 Å². The number of carbonyl (C=O) groups excluding carboxylic acids is 4. The standard InChI is InChI=1S/C35H25BrN2O5/c1-20(39)43-25-16-12-23(13-17-25)32(41)30-29(31(40)22-10-14-24(36)15-11-22)35(27-8-4-5-9-28(27)37-34(35)42)33-26-7-3-2-6-21(26)18-19-38(30)33/h2-19,29-30,33H,1H3,(H,37,42)/t29-,30+,33-,35+/m1/s1. The van der Waals surface area contributed by atoms with Crippen molar-refractivity contribution in [2.45, 2.75) is 24.4 Å². The Bertz CT molecular complexity index is 1850. The topological polar surface area (TPSA) is 92.8 Å². The number of carbonyl (C=O) groups is 4. The molecular formula is C35H25BrN2O5. The van der Waals surface area contributed by atoms with E-state index in [2.05, 4.69) is 21.2 Å². The van der Waals surface area contributed by atoms with Crippen molar-refractivity contribution in [1.29, 1.82) is 0 Å². The number of nitrogens with one attached hydrogen (secondary N) is 1. The number of nitrogens with zero attached hydrogens (tertiary/aromatic N) is 1. The molecule has 0 bridgehead atoms. The molecule has 3 heterocycles. The highest BCUT2D eigenvalue weighted by Crippen LogP contribution is 2.62. The Hall–Kier alpha value is -4.82. The van der Waals surface area contributed by atoms with Crippen LogP contribution in [-0.2, 0) is 15.0 Å². The second-order valence-electron chi connectivity index (χ2n) is 10.9. The average molecular weight is 633 g/mol. The van der Waals surface area contributed by atoms with Crippen LogP contribution in [0.25, 0.3) is 6.08 Å². The normalized spacial score (nSPS) is 22.9. The zero-order valence-electron chi connectivity index (χ0n) is 23.0. The van der Waals surface area contributed by atoms with Crippen molar-refractivity contribution in [3.05, 3.63) is 136 Å². The number of para-hydroxylation sites is 1. The summed E-state index contributed by atoms with van der Waals surface area (Å²) < 4.78 is 5.98. The maximum Gasteiger partial charge on any atom is 0.308 e. The largest absolute Gasteiger partial charge is 0.427 e. The van der Waals surface area contributed by atoms with Crippen LogP contribution in [0.1, 0.15) is 50.4 Å². The average Bonchev–Trinajstić information content (AvgIpc) is 3.49. The molecule has 212 valence electrons. The number of benzene rings is 4. The van der Waals surface area contributed by atoms with Crippen LogP contribution >= 0.6 is 15.9 Å². The molecule has 4 aromatic carbocycles. The summed E-state index contributed by atoms with van der Waals surface area (Å²) in [5, 5.41) is 3.06. The molecule has 1 amide bonds. The zero-order chi connectivity index (χ0) is 29.9. The van der Waals surface area contributed by atoms with Crippen molar-refractivity contribution < 1.29 is 23.9 Å². The van der Waals surface area contributed by atoms with Crippen molar-refractivity contribution in [3.63, 3.8) is 0 Å². The quantitative estimate of drug-likeness (QED) is 0.156. The Labute approximate surface area is 256 Å². The molecule has 0 unspecified atom stereocenters. The Morgan fingerprint density at radius 1 is 0.837 bits per heavy atom. The van der Waals surface area contributed by atoms with Crippen molar-refractivity contribution >= 4 is 51.1 Å². The SMILES string of the molecule is CC(=O)Oc1ccc(C(=O)[C@@H]2[C@H](C(=O)c3ccc(Br)cc3)[C@]3(C(=O)Nc4ccccc43)[C@H]3c4ccccc4C=CN23)cc1. The predicted octanol–water partition coefficient (Wildman–Crippen LogP) is 6.36. The van der Waals surface area contributed by atoms with E-state index in [0.717, 1.165) is 15.6 Å². The fourth-order valence-corrected chi connectivity index (χ4v) is 7.25. The number of hydrogen-bond acceptors (Lipinski definition) is 6. The summed E-state index contributed by atoms with van der Waals surface area (Å²) in [4.78, 5) is 57.3. The van der Waals surface area contributed by atoms with Crippen LogP contribution in [0.15, 0.2) is 108 Å². The van der Waals surface area contributed by atoms with Crippen molar-refractivity contribution in [1.82, 2.24) is 4.90 Å². The summed E-state index contributed by atoms with van der Waals surface area (Å²) in [7, 11) is 0. The Kier molecular flexibility index (Phi) is 6.39. The van der Waals surface area contributed by atoms with Crippen LogP contribution < -0.4 is 10.1 Å². The number of halogens is 1. The summed E-state index contributed by atoms with van der Waals surface area (Å²) in [6.45, 7) is 1.31. The van der Waals surface area contributed by atoms with Gasteiger partial charge in [0.2, 0.25) is 5.91 Å². The molecule has 1 spiro atoms. The van der Waals surface area contributed by atoms with Crippen LogP contribution in [0, 0.1) is 5.92 Å². The maximum absolute atomic E-state index is 14.8. The summed E-state index contributed by atoms with van der Waals surface area (Å²) in [5.74, 6) is -2.16. The van der Waals surface area contributed by atoms with E-state index in [0.29, 0.717) is 28.1 Å². The van der Waals surface area contributed by atoms with Gasteiger partial charge in [-0.3, -0.25) is 19.2 Å². The van der Waals surface area contributed by atoms with Crippen LogP contribution in [-0.4, -0.2) is 34.4 Å². The number of ether oxygens (including phenoxy) is 1. The van der Waals surface area contributed by atoms with Crippen LogP contribution in [0.2, 0.25) is 0 Å². The van der Waals surface area contributed by atoms with E-state index in [1.165, 1.54) is 6.92 Å². The van der Waals surface area contributed by atoms with E-state index in [1.807, 2.05) is 65.7 Å². The van der Waals surface area contributed by atoms with E-state index in [4.69, 9.17) is 4.74 Å². The summed E-state index contributed by atoms with van der Waals surface area (Å²) >= 11 is 3.44. The number of ketones is 2. The second kappa shape index (κ2) is 10.2. The minimum absolute atomic E-state index is 0.297. The second-order valence-corrected chi connectivity index (χ2v) is 11.9. The smallest absolute Gasteiger partial charge is 0.308 e. The molecule has 1 saturated heterocycles. The summed E-state index contributed by atoms with van der Waals surface area (Å²) in [6.07, 6.45) is 3.77. The van der Waals surface area contributed by atoms with Gasteiger partial charge in [-0.1, -0.05) is 70.5 Å². The van der Waals surface area contributed by atoms with Gasteiger partial charge in [-0.25, -0.2) is 0 Å². The molecule has 1 fully saturated rings. The lowest BCUT2D eigenvalue weighted by Crippen LogP contribution is -2.49. The molecule has 0 aliphatic carbocycles. The lowest BCUT2D eigenvalue weighted by molar-refractivity contribution is -0.131. The molecule has 1 N–H and O–H groups in total. The number of anilines is 1. The van der Waals surface area contributed by atoms with Gasteiger partial charge >= 0.3 is 5.97 Å². The van der Waals surface area contributed by atoms with E-state index >= 15 is 0 Å². The molecular weight excluding hydrogens is 608 g/mol. The van der Waals surface area contributed by atoms with E-state index in [9.17, 15) is 19.2 Å². The molecule has 4 aromatic rings. The lowest BCUT2D eigenvalue weighted by atomic mass is 9.62. The molecule has 0 radical (unpaired) electrons. The van der Waals surface area contributed by atoms with Crippen LogP contribution in [0.4, 0.5) is 5.69 Å². The molecule has 43 heavy (non-hydrogen) atoms. The highest BCUT2D eigenvalue weighted by atomic mass is 79.9. The number of esters is 1. The van der Waals surface area contributed by atoms with Gasteiger partial charge < -0.3 is 15.0 Å². The van der Waals surface area contributed by atoms with Gasteiger partial charge in [0.05, 0.1) is 12.0 Å². The van der Waals surface area contributed by atoms with E-state index in [-0.39, 0.29) is 17.5 Å². The Morgan fingerprint density at radius 2 is 1.49 bits per heavy atom. The third kappa shape index (κ3) is 4.08. The van der Waals surface area contributed by atoms with Crippen LogP contribution in [0.5, 0.6) is 5.75 Å². The monoisotopic (exact) mass is 632 g/mol. The van der Waals surface area contributed by atoms with Crippen LogP contribution in [0.3, 0.4) is 0 Å².